The quantitative estimate of drug-likeness (QED) is 0.829. The molecule has 0 aromatic heterocycles. The lowest BCUT2D eigenvalue weighted by Gasteiger charge is -2.26. The van der Waals surface area contributed by atoms with Crippen LogP contribution in [0.25, 0.3) is 0 Å². The highest BCUT2D eigenvalue weighted by Gasteiger charge is 2.16. The molecule has 1 aromatic carbocycles. The van der Waals surface area contributed by atoms with Gasteiger partial charge in [0.1, 0.15) is 0 Å². The van der Waals surface area contributed by atoms with Gasteiger partial charge in [0, 0.05) is 12.1 Å². The van der Waals surface area contributed by atoms with Crippen LogP contribution in [0, 0.1) is 11.7 Å². The second-order valence-electron chi connectivity index (χ2n) is 5.04. The molecule has 0 aliphatic carbocycles. The molecule has 0 fully saturated rings. The number of nitrogens with one attached hydrogen (secondary N) is 1. The molecule has 1 N–H and O–H groups in total. The predicted molar refractivity (Wildman–Crippen MR) is 73.4 cm³/mol. The fourth-order valence-electron chi connectivity index (χ4n) is 2.14. The van der Waals surface area contributed by atoms with Crippen LogP contribution in [0.1, 0.15) is 45.7 Å². The van der Waals surface area contributed by atoms with Gasteiger partial charge in [-0.3, -0.25) is 0 Å². The molecule has 1 aromatic rings. The summed E-state index contributed by atoms with van der Waals surface area (Å²) in [5, 5.41) is 3.58. The standard InChI is InChI=1S/C15H24FNO/c1-6-14(10(2)3)17-11(4)12-7-8-13(16)15(9-12)18-5/h7-11,14,17H,6H2,1-5H3. The molecule has 0 aliphatic heterocycles. The number of halogens is 1. The van der Waals surface area contributed by atoms with Crippen LogP contribution in [0.3, 0.4) is 0 Å². The molecular weight excluding hydrogens is 229 g/mol. The van der Waals surface area contributed by atoms with Crippen molar-refractivity contribution in [3.05, 3.63) is 29.6 Å². The summed E-state index contributed by atoms with van der Waals surface area (Å²) < 4.78 is 18.4. The molecule has 0 spiro atoms. The first-order chi connectivity index (χ1) is 8.49. The van der Waals surface area contributed by atoms with Crippen molar-refractivity contribution in [3.63, 3.8) is 0 Å². The van der Waals surface area contributed by atoms with Crippen LogP contribution in [-0.2, 0) is 0 Å². The molecule has 0 saturated heterocycles. The minimum absolute atomic E-state index is 0.187. The maximum absolute atomic E-state index is 13.3. The smallest absolute Gasteiger partial charge is 0.165 e. The van der Waals surface area contributed by atoms with Crippen LogP contribution in [0.15, 0.2) is 18.2 Å². The van der Waals surface area contributed by atoms with E-state index in [1.807, 2.05) is 6.07 Å². The van der Waals surface area contributed by atoms with Crippen LogP contribution in [0.4, 0.5) is 4.39 Å². The molecule has 1 rings (SSSR count). The lowest BCUT2D eigenvalue weighted by atomic mass is 9.99. The number of rotatable bonds is 6. The number of benzene rings is 1. The van der Waals surface area contributed by atoms with Crippen molar-refractivity contribution >= 4 is 0 Å². The summed E-state index contributed by atoms with van der Waals surface area (Å²) in [6.07, 6.45) is 1.08. The summed E-state index contributed by atoms with van der Waals surface area (Å²) in [5.41, 5.74) is 1.05. The molecule has 0 amide bonds. The number of ether oxygens (including phenoxy) is 1. The Hall–Kier alpha value is -1.09. The number of hydrogen-bond acceptors (Lipinski definition) is 2. The second-order valence-corrected chi connectivity index (χ2v) is 5.04. The van der Waals surface area contributed by atoms with Gasteiger partial charge in [-0.15, -0.1) is 0 Å². The van der Waals surface area contributed by atoms with Gasteiger partial charge in [-0.1, -0.05) is 26.8 Å². The third-order valence-electron chi connectivity index (χ3n) is 3.38. The third kappa shape index (κ3) is 3.70. The van der Waals surface area contributed by atoms with Crippen molar-refractivity contribution in [3.8, 4) is 5.75 Å². The van der Waals surface area contributed by atoms with Crippen molar-refractivity contribution < 1.29 is 9.13 Å². The van der Waals surface area contributed by atoms with Crippen LogP contribution in [0.2, 0.25) is 0 Å². The minimum atomic E-state index is -0.315. The highest BCUT2D eigenvalue weighted by molar-refractivity contribution is 5.31. The average molecular weight is 253 g/mol. The molecule has 0 aliphatic rings. The van der Waals surface area contributed by atoms with Crippen LogP contribution in [0.5, 0.6) is 5.75 Å². The van der Waals surface area contributed by atoms with Gasteiger partial charge in [0.05, 0.1) is 7.11 Å². The largest absolute Gasteiger partial charge is 0.494 e. The molecule has 0 radical (unpaired) electrons. The van der Waals surface area contributed by atoms with Crippen molar-refractivity contribution in [1.82, 2.24) is 5.32 Å². The summed E-state index contributed by atoms with van der Waals surface area (Å²) in [5.74, 6) is 0.572. The molecule has 18 heavy (non-hydrogen) atoms. The van der Waals surface area contributed by atoms with Gasteiger partial charge in [0.25, 0.3) is 0 Å². The van der Waals surface area contributed by atoms with Crippen molar-refractivity contribution in [1.29, 1.82) is 0 Å². The molecule has 2 unspecified atom stereocenters. The fraction of sp³-hybridized carbons (Fsp3) is 0.600. The molecule has 102 valence electrons. The normalized spacial score (nSPS) is 14.6. The van der Waals surface area contributed by atoms with Gasteiger partial charge in [-0.2, -0.15) is 0 Å². The summed E-state index contributed by atoms with van der Waals surface area (Å²) >= 11 is 0. The van der Waals surface area contributed by atoms with E-state index in [2.05, 4.69) is 33.0 Å². The zero-order valence-electron chi connectivity index (χ0n) is 12.0. The first-order valence-electron chi connectivity index (χ1n) is 6.59. The summed E-state index contributed by atoms with van der Waals surface area (Å²) in [7, 11) is 1.49. The predicted octanol–water partition coefficient (Wildman–Crippen LogP) is 3.92. The Kier molecular flexibility index (Phi) is 5.60. The second kappa shape index (κ2) is 6.74. The zero-order valence-corrected chi connectivity index (χ0v) is 12.0. The monoisotopic (exact) mass is 253 g/mol. The van der Waals surface area contributed by atoms with Crippen LogP contribution >= 0.6 is 0 Å². The van der Waals surface area contributed by atoms with E-state index >= 15 is 0 Å². The Balaban J connectivity index is 2.80. The SMILES string of the molecule is CCC(NC(C)c1ccc(F)c(OC)c1)C(C)C. The van der Waals surface area contributed by atoms with E-state index in [4.69, 9.17) is 4.74 Å². The lowest BCUT2D eigenvalue weighted by molar-refractivity contribution is 0.353. The van der Waals surface area contributed by atoms with E-state index in [0.29, 0.717) is 17.7 Å². The molecule has 0 saturated carbocycles. The van der Waals surface area contributed by atoms with E-state index in [0.717, 1.165) is 12.0 Å². The van der Waals surface area contributed by atoms with Crippen molar-refractivity contribution in [2.75, 3.05) is 7.11 Å². The molecular formula is C15H24FNO. The maximum atomic E-state index is 13.3. The van der Waals surface area contributed by atoms with E-state index < -0.39 is 0 Å². The van der Waals surface area contributed by atoms with Gasteiger partial charge in [0.15, 0.2) is 11.6 Å². The van der Waals surface area contributed by atoms with Gasteiger partial charge in [-0.05, 0) is 37.0 Å². The summed E-state index contributed by atoms with van der Waals surface area (Å²) in [6, 6.07) is 5.69. The summed E-state index contributed by atoms with van der Waals surface area (Å²) in [4.78, 5) is 0. The number of hydrogen-bond donors (Lipinski definition) is 1. The first kappa shape index (κ1) is 15.0. The van der Waals surface area contributed by atoms with E-state index in [1.54, 1.807) is 6.07 Å². The van der Waals surface area contributed by atoms with Crippen LogP contribution in [-0.4, -0.2) is 13.2 Å². The molecule has 0 bridgehead atoms. The molecule has 3 heteroatoms. The maximum Gasteiger partial charge on any atom is 0.165 e. The lowest BCUT2D eigenvalue weighted by Crippen LogP contribution is -2.35. The van der Waals surface area contributed by atoms with Gasteiger partial charge >= 0.3 is 0 Å². The zero-order chi connectivity index (χ0) is 13.7. The van der Waals surface area contributed by atoms with Gasteiger partial charge in [0.2, 0.25) is 0 Å². The average Bonchev–Trinajstić information content (AvgIpc) is 2.35. The Morgan fingerprint density at radius 2 is 1.94 bits per heavy atom. The summed E-state index contributed by atoms with van der Waals surface area (Å²) in [6.45, 7) is 8.69. The minimum Gasteiger partial charge on any atom is -0.494 e. The van der Waals surface area contributed by atoms with E-state index in [-0.39, 0.29) is 11.9 Å². The van der Waals surface area contributed by atoms with Crippen molar-refractivity contribution in [2.24, 2.45) is 5.92 Å². The Bertz CT molecular complexity index is 379. The third-order valence-corrected chi connectivity index (χ3v) is 3.38. The molecule has 2 atom stereocenters. The highest BCUT2D eigenvalue weighted by Crippen LogP contribution is 2.23. The topological polar surface area (TPSA) is 21.3 Å². The van der Waals surface area contributed by atoms with Crippen LogP contribution < -0.4 is 10.1 Å². The fourth-order valence-corrected chi connectivity index (χ4v) is 2.14. The first-order valence-corrected chi connectivity index (χ1v) is 6.59. The highest BCUT2D eigenvalue weighted by atomic mass is 19.1. The molecule has 2 nitrogen and oxygen atoms in total. The number of methoxy groups -OCH3 is 1. The molecule has 0 heterocycles. The Morgan fingerprint density at radius 1 is 1.28 bits per heavy atom. The van der Waals surface area contributed by atoms with E-state index in [9.17, 15) is 4.39 Å². The van der Waals surface area contributed by atoms with Gasteiger partial charge in [-0.25, -0.2) is 4.39 Å². The van der Waals surface area contributed by atoms with Gasteiger partial charge < -0.3 is 10.1 Å². The Morgan fingerprint density at radius 3 is 2.44 bits per heavy atom. The van der Waals surface area contributed by atoms with E-state index in [1.165, 1.54) is 13.2 Å². The Labute approximate surface area is 110 Å². The van der Waals surface area contributed by atoms with Crippen molar-refractivity contribution in [2.45, 2.75) is 46.2 Å².